The fraction of sp³-hybridized carbons (Fsp3) is 0.421. The lowest BCUT2D eigenvalue weighted by Gasteiger charge is -2.20. The lowest BCUT2D eigenvalue weighted by atomic mass is 9.86. The number of hydrogen-bond acceptors (Lipinski definition) is 1. The van der Waals surface area contributed by atoms with Gasteiger partial charge in [-0.05, 0) is 59.9 Å². The Bertz CT molecular complexity index is 678. The molecule has 0 saturated heterocycles. The normalized spacial score (nSPS) is 27.1. The summed E-state index contributed by atoms with van der Waals surface area (Å²) in [6.07, 6.45) is 6.09. The fourth-order valence-corrected chi connectivity index (χ4v) is 4.34. The van der Waals surface area contributed by atoms with E-state index in [1.54, 1.807) is 0 Å². The molecule has 4 rings (SSSR count). The zero-order valence-electron chi connectivity index (χ0n) is 12.2. The molecule has 1 amide bonds. The molecule has 0 heterocycles. The number of amides is 1. The molecule has 0 spiro atoms. The number of nitrogens with one attached hydrogen (secondary N) is 1. The van der Waals surface area contributed by atoms with Crippen LogP contribution in [0.3, 0.4) is 0 Å². The molecule has 0 unspecified atom stereocenters. The van der Waals surface area contributed by atoms with Gasteiger partial charge < -0.3 is 5.32 Å². The number of carbonyl (C=O) groups excluding carboxylic acids is 1. The number of fused-ring (bicyclic) bond motifs is 3. The van der Waals surface area contributed by atoms with Crippen molar-refractivity contribution in [3.63, 3.8) is 0 Å². The van der Waals surface area contributed by atoms with E-state index in [-0.39, 0.29) is 5.91 Å². The van der Waals surface area contributed by atoms with Crippen molar-refractivity contribution in [1.82, 2.24) is 0 Å². The van der Waals surface area contributed by atoms with Gasteiger partial charge in [0.2, 0.25) is 5.91 Å². The smallest absolute Gasteiger partial charge is 0.224 e. The molecule has 0 aliphatic heterocycles. The Balaban J connectivity index is 1.43. The Labute approximate surface area is 125 Å². The zero-order valence-corrected chi connectivity index (χ0v) is 12.2. The van der Waals surface area contributed by atoms with Gasteiger partial charge in [0.25, 0.3) is 0 Å². The summed E-state index contributed by atoms with van der Waals surface area (Å²) in [7, 11) is 0. The highest BCUT2D eigenvalue weighted by atomic mass is 16.1. The van der Waals surface area contributed by atoms with Crippen molar-refractivity contribution in [2.75, 3.05) is 5.32 Å². The summed E-state index contributed by atoms with van der Waals surface area (Å²) in [5, 5.41) is 5.47. The molecule has 2 aliphatic carbocycles. The summed E-state index contributed by atoms with van der Waals surface area (Å²) in [6.45, 7) is 0. The third-order valence-corrected chi connectivity index (χ3v) is 5.37. The first-order valence-corrected chi connectivity index (χ1v) is 8.06. The topological polar surface area (TPSA) is 29.1 Å². The van der Waals surface area contributed by atoms with Crippen LogP contribution in [0.25, 0.3) is 10.8 Å². The van der Waals surface area contributed by atoms with Crippen LogP contribution in [0.4, 0.5) is 5.69 Å². The average molecular weight is 279 g/mol. The number of hydrogen-bond donors (Lipinski definition) is 1. The van der Waals surface area contributed by atoms with Gasteiger partial charge in [0.15, 0.2) is 0 Å². The van der Waals surface area contributed by atoms with Crippen LogP contribution in [0.5, 0.6) is 0 Å². The molecule has 108 valence electrons. The monoisotopic (exact) mass is 279 g/mol. The average Bonchev–Trinajstić information content (AvgIpc) is 3.09. The summed E-state index contributed by atoms with van der Waals surface area (Å²) in [6, 6.07) is 14.4. The van der Waals surface area contributed by atoms with Gasteiger partial charge in [0.05, 0.1) is 0 Å². The first kappa shape index (κ1) is 12.9. The first-order valence-electron chi connectivity index (χ1n) is 8.06. The maximum Gasteiger partial charge on any atom is 0.224 e. The molecule has 21 heavy (non-hydrogen) atoms. The van der Waals surface area contributed by atoms with Crippen LogP contribution in [0.2, 0.25) is 0 Å². The zero-order chi connectivity index (χ0) is 14.2. The second-order valence-electron chi connectivity index (χ2n) is 6.75. The Kier molecular flexibility index (Phi) is 3.17. The van der Waals surface area contributed by atoms with E-state index in [1.807, 2.05) is 18.2 Å². The van der Waals surface area contributed by atoms with Crippen LogP contribution in [0.15, 0.2) is 42.5 Å². The lowest BCUT2D eigenvalue weighted by molar-refractivity contribution is -0.117. The van der Waals surface area contributed by atoms with E-state index in [4.69, 9.17) is 0 Å². The number of rotatable bonds is 3. The van der Waals surface area contributed by atoms with Gasteiger partial charge in [-0.3, -0.25) is 4.79 Å². The SMILES string of the molecule is O=C(C[C@@H]1C[C@H]2CC[C@@H]1C2)Nc1ccc2ccccc2c1. The molecule has 2 heteroatoms. The van der Waals surface area contributed by atoms with Crippen LogP contribution in [-0.4, -0.2) is 5.91 Å². The highest BCUT2D eigenvalue weighted by molar-refractivity contribution is 5.94. The molecule has 2 bridgehead atoms. The van der Waals surface area contributed by atoms with E-state index in [2.05, 4.69) is 29.6 Å². The van der Waals surface area contributed by atoms with Crippen LogP contribution < -0.4 is 5.32 Å². The second kappa shape index (κ2) is 5.18. The van der Waals surface area contributed by atoms with E-state index in [1.165, 1.54) is 36.5 Å². The minimum Gasteiger partial charge on any atom is -0.326 e. The van der Waals surface area contributed by atoms with E-state index in [9.17, 15) is 4.79 Å². The van der Waals surface area contributed by atoms with E-state index in [0.717, 1.165) is 17.5 Å². The molecule has 2 aliphatic rings. The standard InChI is InChI=1S/C19H21NO/c21-19(12-17-10-13-5-6-16(17)9-13)20-18-8-7-14-3-1-2-4-15(14)11-18/h1-4,7-8,11,13,16-17H,5-6,9-10,12H2,(H,20,21)/t13-,16+,17-/m0/s1. The molecule has 2 aromatic carbocycles. The van der Waals surface area contributed by atoms with Crippen molar-refractivity contribution in [2.24, 2.45) is 17.8 Å². The van der Waals surface area contributed by atoms with Crippen LogP contribution >= 0.6 is 0 Å². The molecule has 1 N–H and O–H groups in total. The van der Waals surface area contributed by atoms with E-state index >= 15 is 0 Å². The van der Waals surface area contributed by atoms with Gasteiger partial charge in [0.1, 0.15) is 0 Å². The molecule has 3 atom stereocenters. The minimum atomic E-state index is 0.183. The van der Waals surface area contributed by atoms with Crippen molar-refractivity contribution in [2.45, 2.75) is 32.1 Å². The van der Waals surface area contributed by atoms with Gasteiger partial charge in [-0.15, -0.1) is 0 Å². The van der Waals surface area contributed by atoms with Crippen LogP contribution in [0, 0.1) is 17.8 Å². The maximum absolute atomic E-state index is 12.3. The van der Waals surface area contributed by atoms with Crippen molar-refractivity contribution in [3.05, 3.63) is 42.5 Å². The Morgan fingerprint density at radius 1 is 1.05 bits per heavy atom. The van der Waals surface area contributed by atoms with Gasteiger partial charge in [-0.2, -0.15) is 0 Å². The molecule has 2 saturated carbocycles. The highest BCUT2D eigenvalue weighted by Gasteiger charge is 2.40. The summed E-state index contributed by atoms with van der Waals surface area (Å²) in [4.78, 5) is 12.3. The van der Waals surface area contributed by atoms with Crippen LogP contribution in [-0.2, 0) is 4.79 Å². The largest absolute Gasteiger partial charge is 0.326 e. The highest BCUT2D eigenvalue weighted by Crippen LogP contribution is 2.49. The molecule has 2 nitrogen and oxygen atoms in total. The van der Waals surface area contributed by atoms with Crippen molar-refractivity contribution in [3.8, 4) is 0 Å². The molecular formula is C19H21NO. The Morgan fingerprint density at radius 3 is 2.67 bits per heavy atom. The number of benzene rings is 2. The van der Waals surface area contributed by atoms with Crippen molar-refractivity contribution >= 4 is 22.4 Å². The maximum atomic E-state index is 12.3. The van der Waals surface area contributed by atoms with Gasteiger partial charge >= 0.3 is 0 Å². The summed E-state index contributed by atoms with van der Waals surface area (Å²) in [5.74, 6) is 2.54. The predicted molar refractivity (Wildman–Crippen MR) is 86.1 cm³/mol. The fourth-order valence-electron chi connectivity index (χ4n) is 4.34. The van der Waals surface area contributed by atoms with Crippen molar-refractivity contribution in [1.29, 1.82) is 0 Å². The molecular weight excluding hydrogens is 258 g/mol. The molecule has 0 radical (unpaired) electrons. The minimum absolute atomic E-state index is 0.183. The summed E-state index contributed by atoms with van der Waals surface area (Å²) < 4.78 is 0. The molecule has 2 aromatic rings. The Hall–Kier alpha value is -1.83. The molecule has 2 fully saturated rings. The molecule has 0 aromatic heterocycles. The van der Waals surface area contributed by atoms with E-state index in [0.29, 0.717) is 12.3 Å². The predicted octanol–water partition coefficient (Wildman–Crippen LogP) is 4.60. The number of anilines is 1. The summed E-state index contributed by atoms with van der Waals surface area (Å²) in [5.41, 5.74) is 0.918. The van der Waals surface area contributed by atoms with Gasteiger partial charge in [0, 0.05) is 12.1 Å². The first-order chi connectivity index (χ1) is 10.3. The quantitative estimate of drug-likeness (QED) is 0.873. The second-order valence-corrected chi connectivity index (χ2v) is 6.75. The van der Waals surface area contributed by atoms with Gasteiger partial charge in [-0.25, -0.2) is 0 Å². The summed E-state index contributed by atoms with van der Waals surface area (Å²) >= 11 is 0. The van der Waals surface area contributed by atoms with Crippen molar-refractivity contribution < 1.29 is 4.79 Å². The van der Waals surface area contributed by atoms with Gasteiger partial charge in [-0.1, -0.05) is 36.8 Å². The Morgan fingerprint density at radius 2 is 1.90 bits per heavy atom. The third-order valence-electron chi connectivity index (χ3n) is 5.37. The van der Waals surface area contributed by atoms with Crippen LogP contribution in [0.1, 0.15) is 32.1 Å². The number of carbonyl (C=O) groups is 1. The van der Waals surface area contributed by atoms with E-state index < -0.39 is 0 Å². The third kappa shape index (κ3) is 2.55. The lowest BCUT2D eigenvalue weighted by Crippen LogP contribution is -2.20.